The quantitative estimate of drug-likeness (QED) is 0.876. The Morgan fingerprint density at radius 2 is 2.21 bits per heavy atom. The molecule has 2 aromatic rings. The molecule has 0 amide bonds. The van der Waals surface area contributed by atoms with E-state index < -0.39 is 0 Å². The van der Waals surface area contributed by atoms with Crippen LogP contribution in [-0.2, 0) is 5.54 Å². The minimum absolute atomic E-state index is 0.0604. The maximum atomic E-state index is 6.03. The number of tetrazole rings is 1. The number of rotatable bonds is 3. The van der Waals surface area contributed by atoms with Gasteiger partial charge in [-0.2, -0.15) is 0 Å². The summed E-state index contributed by atoms with van der Waals surface area (Å²) in [6.07, 6.45) is 4.49. The molecular weight excluding hydrogens is 262 g/mol. The van der Waals surface area contributed by atoms with E-state index in [1.807, 2.05) is 16.8 Å². The Morgan fingerprint density at radius 1 is 1.42 bits per heavy atom. The van der Waals surface area contributed by atoms with Crippen LogP contribution in [0.3, 0.4) is 0 Å². The van der Waals surface area contributed by atoms with Gasteiger partial charge in [0.05, 0.1) is 5.54 Å². The van der Waals surface area contributed by atoms with Crippen LogP contribution in [-0.4, -0.2) is 20.2 Å². The number of aromatic nitrogens is 4. The van der Waals surface area contributed by atoms with E-state index in [1.165, 1.54) is 6.42 Å². The van der Waals surface area contributed by atoms with Crippen LogP contribution in [0.5, 0.6) is 0 Å². The van der Waals surface area contributed by atoms with Crippen molar-refractivity contribution in [1.82, 2.24) is 20.2 Å². The van der Waals surface area contributed by atoms with Crippen molar-refractivity contribution in [2.75, 3.05) is 5.73 Å². The van der Waals surface area contributed by atoms with Gasteiger partial charge in [-0.25, -0.2) is 4.68 Å². The molecule has 1 saturated carbocycles. The van der Waals surface area contributed by atoms with Gasteiger partial charge in [-0.3, -0.25) is 0 Å². The molecular formula is C13H16ClN5. The van der Waals surface area contributed by atoms with E-state index in [2.05, 4.69) is 22.4 Å². The zero-order chi connectivity index (χ0) is 13.5. The lowest BCUT2D eigenvalue weighted by molar-refractivity contribution is 0.118. The first-order valence-electron chi connectivity index (χ1n) is 6.50. The van der Waals surface area contributed by atoms with Gasteiger partial charge in [0.25, 0.3) is 0 Å². The van der Waals surface area contributed by atoms with Crippen molar-refractivity contribution in [3.8, 4) is 11.4 Å². The maximum Gasteiger partial charge on any atom is 0.184 e. The Morgan fingerprint density at radius 3 is 2.79 bits per heavy atom. The molecule has 3 rings (SSSR count). The molecule has 0 saturated heterocycles. The third-order valence-corrected chi connectivity index (χ3v) is 4.35. The molecule has 0 unspecified atom stereocenters. The SMILES string of the molecule is CCC1(n2nnnc2-c2ccc(Cl)cc2N)CCC1. The van der Waals surface area contributed by atoms with Crippen molar-refractivity contribution in [2.45, 2.75) is 38.1 Å². The number of benzene rings is 1. The van der Waals surface area contributed by atoms with E-state index >= 15 is 0 Å². The summed E-state index contributed by atoms with van der Waals surface area (Å²) in [4.78, 5) is 0. The highest BCUT2D eigenvalue weighted by atomic mass is 35.5. The minimum atomic E-state index is 0.0604. The van der Waals surface area contributed by atoms with Crippen LogP contribution in [0.25, 0.3) is 11.4 Å². The van der Waals surface area contributed by atoms with Crippen molar-refractivity contribution in [3.63, 3.8) is 0 Å². The molecule has 1 aliphatic rings. The number of hydrogen-bond acceptors (Lipinski definition) is 4. The van der Waals surface area contributed by atoms with E-state index in [-0.39, 0.29) is 5.54 Å². The fourth-order valence-corrected chi connectivity index (χ4v) is 2.89. The van der Waals surface area contributed by atoms with E-state index in [1.54, 1.807) is 6.07 Å². The first kappa shape index (κ1) is 12.4. The molecule has 0 spiro atoms. The van der Waals surface area contributed by atoms with Gasteiger partial charge in [-0.15, -0.1) is 5.10 Å². The van der Waals surface area contributed by atoms with Crippen molar-refractivity contribution < 1.29 is 0 Å². The molecule has 1 aliphatic carbocycles. The number of nitrogen functional groups attached to an aromatic ring is 1. The number of halogens is 1. The second-order valence-electron chi connectivity index (χ2n) is 5.08. The summed E-state index contributed by atoms with van der Waals surface area (Å²) in [7, 11) is 0. The van der Waals surface area contributed by atoms with Crippen molar-refractivity contribution >= 4 is 17.3 Å². The predicted molar refractivity (Wildman–Crippen MR) is 74.8 cm³/mol. The number of hydrogen-bond donors (Lipinski definition) is 1. The van der Waals surface area contributed by atoms with Crippen molar-refractivity contribution in [1.29, 1.82) is 0 Å². The average molecular weight is 278 g/mol. The summed E-state index contributed by atoms with van der Waals surface area (Å²) in [5, 5.41) is 12.8. The highest BCUT2D eigenvalue weighted by molar-refractivity contribution is 6.31. The summed E-state index contributed by atoms with van der Waals surface area (Å²) >= 11 is 5.94. The molecule has 2 N–H and O–H groups in total. The predicted octanol–water partition coefficient (Wildman–Crippen LogP) is 2.86. The lowest BCUT2D eigenvalue weighted by Crippen LogP contribution is -2.41. The summed E-state index contributed by atoms with van der Waals surface area (Å²) in [5.41, 5.74) is 7.54. The van der Waals surface area contributed by atoms with Crippen LogP contribution in [0, 0.1) is 0 Å². The van der Waals surface area contributed by atoms with Crippen LogP contribution < -0.4 is 5.73 Å². The highest BCUT2D eigenvalue weighted by Gasteiger charge is 2.40. The summed E-state index contributed by atoms with van der Waals surface area (Å²) in [6.45, 7) is 2.18. The molecule has 1 fully saturated rings. The van der Waals surface area contributed by atoms with Gasteiger partial charge in [0.1, 0.15) is 0 Å². The Bertz CT molecular complexity index is 597. The van der Waals surface area contributed by atoms with Gasteiger partial charge in [0.15, 0.2) is 5.82 Å². The van der Waals surface area contributed by atoms with E-state index in [0.717, 1.165) is 30.7 Å². The van der Waals surface area contributed by atoms with Crippen LogP contribution in [0.2, 0.25) is 5.02 Å². The van der Waals surface area contributed by atoms with Gasteiger partial charge in [0.2, 0.25) is 0 Å². The third kappa shape index (κ3) is 1.89. The largest absolute Gasteiger partial charge is 0.398 e. The monoisotopic (exact) mass is 277 g/mol. The third-order valence-electron chi connectivity index (χ3n) is 4.12. The molecule has 6 heteroatoms. The molecule has 0 bridgehead atoms. The molecule has 100 valence electrons. The summed E-state index contributed by atoms with van der Waals surface area (Å²) in [5.74, 6) is 0.732. The molecule has 1 aromatic carbocycles. The van der Waals surface area contributed by atoms with Gasteiger partial charge >= 0.3 is 0 Å². The summed E-state index contributed by atoms with van der Waals surface area (Å²) in [6, 6.07) is 5.42. The van der Waals surface area contributed by atoms with Crippen LogP contribution in [0.1, 0.15) is 32.6 Å². The smallest absolute Gasteiger partial charge is 0.184 e. The Hall–Kier alpha value is -1.62. The molecule has 1 heterocycles. The molecule has 19 heavy (non-hydrogen) atoms. The fourth-order valence-electron chi connectivity index (χ4n) is 2.71. The molecule has 0 radical (unpaired) electrons. The lowest BCUT2D eigenvalue weighted by atomic mass is 9.75. The van der Waals surface area contributed by atoms with Crippen molar-refractivity contribution in [3.05, 3.63) is 23.2 Å². The number of nitrogens with zero attached hydrogens (tertiary/aromatic N) is 4. The van der Waals surface area contributed by atoms with Crippen LogP contribution in [0.15, 0.2) is 18.2 Å². The molecule has 5 nitrogen and oxygen atoms in total. The zero-order valence-corrected chi connectivity index (χ0v) is 11.6. The van der Waals surface area contributed by atoms with Crippen molar-refractivity contribution in [2.24, 2.45) is 0 Å². The lowest BCUT2D eigenvalue weighted by Gasteiger charge is -2.41. The molecule has 0 atom stereocenters. The molecule has 1 aromatic heterocycles. The number of nitrogens with two attached hydrogens (primary N) is 1. The first-order valence-corrected chi connectivity index (χ1v) is 6.88. The topological polar surface area (TPSA) is 69.6 Å². The summed E-state index contributed by atoms with van der Waals surface area (Å²) < 4.78 is 1.94. The van der Waals surface area contributed by atoms with E-state index in [4.69, 9.17) is 17.3 Å². The normalized spacial score (nSPS) is 17.2. The zero-order valence-electron chi connectivity index (χ0n) is 10.8. The first-order chi connectivity index (χ1) is 9.16. The van der Waals surface area contributed by atoms with E-state index in [0.29, 0.717) is 10.7 Å². The minimum Gasteiger partial charge on any atom is -0.398 e. The Balaban J connectivity index is 2.09. The second-order valence-corrected chi connectivity index (χ2v) is 5.51. The fraction of sp³-hybridized carbons (Fsp3) is 0.462. The van der Waals surface area contributed by atoms with Gasteiger partial charge in [0, 0.05) is 16.3 Å². The Kier molecular flexibility index (Phi) is 2.93. The standard InChI is InChI=1S/C13H16ClN5/c1-2-13(6-3-7-13)19-12(16-17-18-19)10-5-4-9(14)8-11(10)15/h4-5,8H,2-3,6-7,15H2,1H3. The van der Waals surface area contributed by atoms with E-state index in [9.17, 15) is 0 Å². The Labute approximate surface area is 116 Å². The second kappa shape index (κ2) is 4.49. The maximum absolute atomic E-state index is 6.03. The number of anilines is 1. The van der Waals surface area contributed by atoms with Gasteiger partial charge in [-0.1, -0.05) is 18.5 Å². The van der Waals surface area contributed by atoms with Gasteiger partial charge in [-0.05, 0) is 54.3 Å². The van der Waals surface area contributed by atoms with Gasteiger partial charge < -0.3 is 5.73 Å². The molecule has 0 aliphatic heterocycles. The van der Waals surface area contributed by atoms with Crippen LogP contribution in [0.4, 0.5) is 5.69 Å². The van der Waals surface area contributed by atoms with Crippen LogP contribution >= 0.6 is 11.6 Å². The highest BCUT2D eigenvalue weighted by Crippen LogP contribution is 2.43. The average Bonchev–Trinajstić information content (AvgIpc) is 2.78.